The predicted molar refractivity (Wildman–Crippen MR) is 53.7 cm³/mol. The number of unbranched alkanes of at least 4 members (excludes halogenated alkanes) is 5. The van der Waals surface area contributed by atoms with E-state index >= 15 is 0 Å². The second kappa shape index (κ2) is 12.6. The molecule has 0 heterocycles. The molecule has 2 radical (unpaired) electrons. The summed E-state index contributed by atoms with van der Waals surface area (Å²) in [4.78, 5) is 0. The van der Waals surface area contributed by atoms with Crippen molar-refractivity contribution >= 4 is 26.3 Å². The van der Waals surface area contributed by atoms with Crippen molar-refractivity contribution in [1.29, 1.82) is 0 Å². The van der Waals surface area contributed by atoms with Gasteiger partial charge >= 0.3 is 0 Å². The molecule has 0 saturated heterocycles. The summed E-state index contributed by atoms with van der Waals surface area (Å²) >= 11 is 0. The van der Waals surface area contributed by atoms with E-state index in [4.69, 9.17) is 0 Å². The Labute approximate surface area is 78.2 Å². The van der Waals surface area contributed by atoms with Gasteiger partial charge in [0.2, 0.25) is 0 Å². The van der Waals surface area contributed by atoms with Crippen LogP contribution in [0.3, 0.4) is 0 Å². The maximum atomic E-state index is 2.78. The van der Waals surface area contributed by atoms with Crippen LogP contribution in [0.4, 0.5) is 0 Å². The van der Waals surface area contributed by atoms with Crippen molar-refractivity contribution < 1.29 is 0 Å². The average Bonchev–Trinajstić information content (AvgIpc) is 1.89. The van der Waals surface area contributed by atoms with Crippen molar-refractivity contribution in [1.82, 2.24) is 0 Å². The molecule has 0 amide bonds. The SMILES string of the molecule is CCCCCCCCP.[Se]. The molecule has 0 aliphatic rings. The van der Waals surface area contributed by atoms with Crippen LogP contribution in [0.25, 0.3) is 0 Å². The number of hydrogen-bond donors (Lipinski definition) is 0. The van der Waals surface area contributed by atoms with Gasteiger partial charge in [0.05, 0.1) is 0 Å². The van der Waals surface area contributed by atoms with Gasteiger partial charge in [0.25, 0.3) is 0 Å². The van der Waals surface area contributed by atoms with Gasteiger partial charge in [0.15, 0.2) is 0 Å². The second-order valence-corrected chi connectivity index (χ2v) is 3.13. The summed E-state index contributed by atoms with van der Waals surface area (Å²) in [5, 5.41) is 0. The van der Waals surface area contributed by atoms with Gasteiger partial charge in [-0.3, -0.25) is 0 Å². The van der Waals surface area contributed by atoms with Crippen LogP contribution in [0.15, 0.2) is 0 Å². The monoisotopic (exact) mass is 226 g/mol. The fourth-order valence-electron chi connectivity index (χ4n) is 0.925. The van der Waals surface area contributed by atoms with E-state index in [9.17, 15) is 0 Å². The molecule has 0 aliphatic carbocycles. The van der Waals surface area contributed by atoms with Crippen molar-refractivity contribution in [2.24, 2.45) is 0 Å². The zero-order valence-electron chi connectivity index (χ0n) is 6.94. The summed E-state index contributed by atoms with van der Waals surface area (Å²) in [6, 6.07) is 0. The van der Waals surface area contributed by atoms with Gasteiger partial charge < -0.3 is 0 Å². The van der Waals surface area contributed by atoms with Crippen molar-refractivity contribution in [2.45, 2.75) is 45.4 Å². The van der Waals surface area contributed by atoms with Gasteiger partial charge in [0, 0.05) is 17.1 Å². The van der Waals surface area contributed by atoms with Gasteiger partial charge in [-0.25, -0.2) is 0 Å². The second-order valence-electron chi connectivity index (χ2n) is 2.56. The molecule has 0 fully saturated rings. The summed E-state index contributed by atoms with van der Waals surface area (Å²) < 4.78 is 0. The number of hydrogen-bond acceptors (Lipinski definition) is 0. The van der Waals surface area contributed by atoms with Crippen LogP contribution in [-0.2, 0) is 0 Å². The van der Waals surface area contributed by atoms with Crippen LogP contribution in [0.2, 0.25) is 0 Å². The van der Waals surface area contributed by atoms with Gasteiger partial charge in [-0.1, -0.05) is 39.0 Å². The fraction of sp³-hybridized carbons (Fsp3) is 1.00. The van der Waals surface area contributed by atoms with E-state index in [1.807, 2.05) is 0 Å². The standard InChI is InChI=1S/C8H19P.Se/c1-2-3-4-5-6-7-8-9;/h2-9H2,1H3;. The van der Waals surface area contributed by atoms with Crippen LogP contribution in [0.1, 0.15) is 45.4 Å². The zero-order valence-corrected chi connectivity index (χ0v) is 9.80. The van der Waals surface area contributed by atoms with Crippen molar-refractivity contribution in [2.75, 3.05) is 6.16 Å². The maximum Gasteiger partial charge on any atom is 0 e. The summed E-state index contributed by atoms with van der Waals surface area (Å²) in [6.45, 7) is 2.26. The van der Waals surface area contributed by atoms with Crippen LogP contribution in [0, 0.1) is 0 Å². The summed E-state index contributed by atoms with van der Waals surface area (Å²) in [6.07, 6.45) is 9.80. The van der Waals surface area contributed by atoms with Gasteiger partial charge in [-0.15, -0.1) is 9.24 Å². The minimum absolute atomic E-state index is 0. The molecule has 0 spiro atoms. The van der Waals surface area contributed by atoms with E-state index in [0.29, 0.717) is 0 Å². The van der Waals surface area contributed by atoms with E-state index in [2.05, 4.69) is 16.2 Å². The van der Waals surface area contributed by atoms with Crippen molar-refractivity contribution in [3.05, 3.63) is 0 Å². The maximum absolute atomic E-state index is 2.78. The summed E-state index contributed by atoms with van der Waals surface area (Å²) in [7, 11) is 2.78. The Hall–Kier alpha value is 0.949. The Balaban J connectivity index is 0. The normalized spacial score (nSPS) is 9.00. The molecule has 0 N–H and O–H groups in total. The van der Waals surface area contributed by atoms with E-state index in [-0.39, 0.29) is 17.1 Å². The molecule has 2 heteroatoms. The average molecular weight is 225 g/mol. The molecule has 0 aromatic carbocycles. The van der Waals surface area contributed by atoms with Crippen molar-refractivity contribution in [3.63, 3.8) is 0 Å². The Kier molecular flexibility index (Phi) is 17.1. The molecular weight excluding hydrogens is 206 g/mol. The Morgan fingerprint density at radius 1 is 0.900 bits per heavy atom. The molecule has 0 aliphatic heterocycles. The fourth-order valence-corrected chi connectivity index (χ4v) is 1.21. The molecule has 10 heavy (non-hydrogen) atoms. The molecule has 0 aromatic heterocycles. The Morgan fingerprint density at radius 3 is 1.90 bits per heavy atom. The van der Waals surface area contributed by atoms with E-state index in [1.165, 1.54) is 44.7 Å². The van der Waals surface area contributed by atoms with Gasteiger partial charge in [-0.2, -0.15) is 0 Å². The zero-order chi connectivity index (χ0) is 6.95. The summed E-state index contributed by atoms with van der Waals surface area (Å²) in [5.74, 6) is 0. The van der Waals surface area contributed by atoms with Crippen LogP contribution >= 0.6 is 9.24 Å². The third kappa shape index (κ3) is 11.7. The molecule has 0 aromatic rings. The van der Waals surface area contributed by atoms with Crippen molar-refractivity contribution in [3.8, 4) is 0 Å². The third-order valence-electron chi connectivity index (χ3n) is 1.56. The largest absolute Gasteiger partial charge is 0.138 e. The van der Waals surface area contributed by atoms with Crippen LogP contribution in [-0.4, -0.2) is 23.2 Å². The molecule has 0 nitrogen and oxygen atoms in total. The quantitative estimate of drug-likeness (QED) is 0.370. The Bertz CT molecular complexity index is 42.5. The molecular formula is C8H19PSe. The molecule has 0 rings (SSSR count). The first-order valence-electron chi connectivity index (χ1n) is 4.12. The minimum atomic E-state index is 0. The smallest absolute Gasteiger partial charge is 0 e. The Morgan fingerprint density at radius 2 is 1.40 bits per heavy atom. The first kappa shape index (κ1) is 13.5. The molecule has 0 bridgehead atoms. The summed E-state index contributed by atoms with van der Waals surface area (Å²) in [5.41, 5.74) is 0. The predicted octanol–water partition coefficient (Wildman–Crippen LogP) is 2.84. The third-order valence-corrected chi connectivity index (χ3v) is 1.97. The first-order chi connectivity index (χ1) is 4.41. The van der Waals surface area contributed by atoms with Gasteiger partial charge in [0.1, 0.15) is 0 Å². The van der Waals surface area contributed by atoms with E-state index in [0.717, 1.165) is 0 Å². The first-order valence-corrected chi connectivity index (χ1v) is 4.93. The van der Waals surface area contributed by atoms with E-state index in [1.54, 1.807) is 0 Å². The molecule has 1 unspecified atom stereocenters. The molecule has 0 saturated carbocycles. The molecule has 1 atom stereocenters. The van der Waals surface area contributed by atoms with E-state index < -0.39 is 0 Å². The minimum Gasteiger partial charge on any atom is -0.138 e. The van der Waals surface area contributed by atoms with Crippen LogP contribution in [0.5, 0.6) is 0 Å². The van der Waals surface area contributed by atoms with Gasteiger partial charge in [-0.05, 0) is 12.6 Å². The topological polar surface area (TPSA) is 0 Å². The molecule has 62 valence electrons. The van der Waals surface area contributed by atoms with Crippen LogP contribution < -0.4 is 0 Å². The number of rotatable bonds is 6.